The van der Waals surface area contributed by atoms with E-state index in [-0.39, 0.29) is 0 Å². The first kappa shape index (κ1) is 15.4. The van der Waals surface area contributed by atoms with Crippen LogP contribution in [0.15, 0.2) is 46.9 Å². The second-order valence-corrected chi connectivity index (χ2v) is 5.46. The summed E-state index contributed by atoms with van der Waals surface area (Å²) in [5.41, 5.74) is 1.76. The second kappa shape index (κ2) is 7.70. The second-order valence-electron chi connectivity index (χ2n) is 4.60. The summed E-state index contributed by atoms with van der Waals surface area (Å²) in [5.74, 6) is 1.58. The van der Waals surface area contributed by atoms with Crippen LogP contribution in [0.25, 0.3) is 0 Å². The van der Waals surface area contributed by atoms with Crippen molar-refractivity contribution in [3.63, 3.8) is 0 Å². The van der Waals surface area contributed by atoms with Gasteiger partial charge in [-0.3, -0.25) is 0 Å². The SMILES string of the molecule is Cc1cc(OCCCOc2cccc(C#N)c2)ccc1Br. The van der Waals surface area contributed by atoms with Gasteiger partial charge in [0.05, 0.1) is 24.8 Å². The van der Waals surface area contributed by atoms with E-state index in [2.05, 4.69) is 22.0 Å². The van der Waals surface area contributed by atoms with E-state index >= 15 is 0 Å². The maximum Gasteiger partial charge on any atom is 0.120 e. The fourth-order valence-electron chi connectivity index (χ4n) is 1.80. The lowest BCUT2D eigenvalue weighted by atomic mass is 10.2. The Morgan fingerprint density at radius 2 is 1.76 bits per heavy atom. The van der Waals surface area contributed by atoms with Gasteiger partial charge in [-0.05, 0) is 48.9 Å². The number of aryl methyl sites for hydroxylation is 1. The Morgan fingerprint density at radius 3 is 2.43 bits per heavy atom. The van der Waals surface area contributed by atoms with Crippen molar-refractivity contribution in [2.45, 2.75) is 13.3 Å². The zero-order valence-electron chi connectivity index (χ0n) is 11.8. The highest BCUT2D eigenvalue weighted by molar-refractivity contribution is 9.10. The molecule has 4 heteroatoms. The molecule has 2 aromatic rings. The molecule has 3 nitrogen and oxygen atoms in total. The molecule has 0 bridgehead atoms. The molecule has 0 radical (unpaired) electrons. The van der Waals surface area contributed by atoms with Crippen LogP contribution in [0.1, 0.15) is 17.5 Å². The van der Waals surface area contributed by atoms with Crippen LogP contribution < -0.4 is 9.47 Å². The zero-order valence-corrected chi connectivity index (χ0v) is 13.4. The van der Waals surface area contributed by atoms with Crippen LogP contribution in [-0.4, -0.2) is 13.2 Å². The highest BCUT2D eigenvalue weighted by Gasteiger charge is 1.99. The molecule has 0 fully saturated rings. The predicted octanol–water partition coefficient (Wildman–Crippen LogP) is 4.48. The molecule has 0 spiro atoms. The number of ether oxygens (including phenoxy) is 2. The molecular formula is C17H16BrNO2. The lowest BCUT2D eigenvalue weighted by Gasteiger charge is -2.09. The van der Waals surface area contributed by atoms with E-state index < -0.39 is 0 Å². The summed E-state index contributed by atoms with van der Waals surface area (Å²) in [6.45, 7) is 3.19. The molecule has 2 rings (SSSR count). The van der Waals surface area contributed by atoms with Gasteiger partial charge >= 0.3 is 0 Å². The van der Waals surface area contributed by atoms with E-state index in [0.717, 1.165) is 22.2 Å². The summed E-state index contributed by atoms with van der Waals surface area (Å²) < 4.78 is 12.3. The number of nitriles is 1. The molecule has 0 aliphatic carbocycles. The first-order valence-electron chi connectivity index (χ1n) is 6.71. The molecule has 0 saturated heterocycles. The summed E-state index contributed by atoms with van der Waals surface area (Å²) in [5, 5.41) is 8.81. The fraction of sp³-hybridized carbons (Fsp3) is 0.235. The van der Waals surface area contributed by atoms with Crippen LogP contribution >= 0.6 is 15.9 Å². The van der Waals surface area contributed by atoms with E-state index in [4.69, 9.17) is 14.7 Å². The van der Waals surface area contributed by atoms with Gasteiger partial charge in [-0.2, -0.15) is 5.26 Å². The Hall–Kier alpha value is -1.99. The minimum Gasteiger partial charge on any atom is -0.493 e. The van der Waals surface area contributed by atoms with Crippen molar-refractivity contribution in [2.75, 3.05) is 13.2 Å². The fourth-order valence-corrected chi connectivity index (χ4v) is 2.05. The number of rotatable bonds is 6. The lowest BCUT2D eigenvalue weighted by Crippen LogP contribution is -2.05. The maximum absolute atomic E-state index is 8.81. The standard InChI is InChI=1S/C17H16BrNO2/c1-13-10-16(6-7-17(13)18)21-9-3-8-20-15-5-2-4-14(11-15)12-19/h2,4-7,10-11H,3,8-9H2,1H3. The van der Waals surface area contributed by atoms with Gasteiger partial charge in [0.15, 0.2) is 0 Å². The first-order chi connectivity index (χ1) is 10.2. The highest BCUT2D eigenvalue weighted by atomic mass is 79.9. The molecule has 0 aliphatic rings. The van der Waals surface area contributed by atoms with Gasteiger partial charge in [0, 0.05) is 10.9 Å². The topological polar surface area (TPSA) is 42.2 Å². The summed E-state index contributed by atoms with van der Waals surface area (Å²) in [4.78, 5) is 0. The van der Waals surface area contributed by atoms with Crippen LogP contribution in [0, 0.1) is 18.3 Å². The molecule has 0 aliphatic heterocycles. The highest BCUT2D eigenvalue weighted by Crippen LogP contribution is 2.21. The monoisotopic (exact) mass is 345 g/mol. The van der Waals surface area contributed by atoms with Crippen molar-refractivity contribution in [3.8, 4) is 17.6 Å². The van der Waals surface area contributed by atoms with Gasteiger partial charge in [0.25, 0.3) is 0 Å². The Kier molecular flexibility index (Phi) is 5.65. The molecule has 0 unspecified atom stereocenters. The Bertz CT molecular complexity index is 649. The molecular weight excluding hydrogens is 330 g/mol. The van der Waals surface area contributed by atoms with Gasteiger partial charge in [-0.25, -0.2) is 0 Å². The zero-order chi connectivity index (χ0) is 15.1. The smallest absolute Gasteiger partial charge is 0.120 e. The van der Waals surface area contributed by atoms with Crippen LogP contribution in [0.5, 0.6) is 11.5 Å². The maximum atomic E-state index is 8.81. The third-order valence-corrected chi connectivity index (χ3v) is 3.81. The van der Waals surface area contributed by atoms with Gasteiger partial charge in [0.1, 0.15) is 11.5 Å². The minimum atomic E-state index is 0.560. The number of halogens is 1. The van der Waals surface area contributed by atoms with Crippen LogP contribution in [0.3, 0.4) is 0 Å². The van der Waals surface area contributed by atoms with Gasteiger partial charge < -0.3 is 9.47 Å². The van der Waals surface area contributed by atoms with Crippen LogP contribution in [-0.2, 0) is 0 Å². The lowest BCUT2D eigenvalue weighted by molar-refractivity contribution is 0.247. The number of benzene rings is 2. The third kappa shape index (κ3) is 4.80. The number of nitrogens with zero attached hydrogens (tertiary/aromatic N) is 1. The van der Waals surface area contributed by atoms with Crippen molar-refractivity contribution in [2.24, 2.45) is 0 Å². The molecule has 0 amide bonds. The summed E-state index contributed by atoms with van der Waals surface area (Å²) >= 11 is 3.46. The van der Waals surface area contributed by atoms with Gasteiger partial charge in [-0.15, -0.1) is 0 Å². The summed E-state index contributed by atoms with van der Waals surface area (Å²) in [6, 6.07) is 15.2. The minimum absolute atomic E-state index is 0.560. The molecule has 0 saturated carbocycles. The quantitative estimate of drug-likeness (QED) is 0.725. The van der Waals surface area contributed by atoms with E-state index in [9.17, 15) is 0 Å². The van der Waals surface area contributed by atoms with E-state index in [0.29, 0.717) is 24.5 Å². The Morgan fingerprint density at radius 1 is 1.05 bits per heavy atom. The Balaban J connectivity index is 1.72. The molecule has 0 atom stereocenters. The third-order valence-electron chi connectivity index (χ3n) is 2.92. The van der Waals surface area contributed by atoms with Crippen molar-refractivity contribution in [1.82, 2.24) is 0 Å². The van der Waals surface area contributed by atoms with E-state index in [1.165, 1.54) is 0 Å². The summed E-state index contributed by atoms with van der Waals surface area (Å²) in [7, 11) is 0. The molecule has 0 aromatic heterocycles. The largest absolute Gasteiger partial charge is 0.493 e. The molecule has 2 aromatic carbocycles. The van der Waals surface area contributed by atoms with Crippen molar-refractivity contribution >= 4 is 15.9 Å². The van der Waals surface area contributed by atoms with Crippen molar-refractivity contribution in [3.05, 3.63) is 58.1 Å². The van der Waals surface area contributed by atoms with Crippen molar-refractivity contribution < 1.29 is 9.47 Å². The average molecular weight is 346 g/mol. The van der Waals surface area contributed by atoms with Crippen LogP contribution in [0.4, 0.5) is 0 Å². The number of hydrogen-bond acceptors (Lipinski definition) is 3. The molecule has 0 heterocycles. The van der Waals surface area contributed by atoms with E-state index in [1.54, 1.807) is 12.1 Å². The van der Waals surface area contributed by atoms with Crippen LogP contribution in [0.2, 0.25) is 0 Å². The average Bonchev–Trinajstić information content (AvgIpc) is 2.50. The van der Waals surface area contributed by atoms with Gasteiger partial charge in [-0.1, -0.05) is 22.0 Å². The van der Waals surface area contributed by atoms with Crippen molar-refractivity contribution in [1.29, 1.82) is 5.26 Å². The van der Waals surface area contributed by atoms with E-state index in [1.807, 2.05) is 37.3 Å². The molecule has 21 heavy (non-hydrogen) atoms. The van der Waals surface area contributed by atoms with Gasteiger partial charge in [0.2, 0.25) is 0 Å². The molecule has 108 valence electrons. The first-order valence-corrected chi connectivity index (χ1v) is 7.50. The molecule has 0 N–H and O–H groups in total. The normalized spacial score (nSPS) is 9.95. The predicted molar refractivity (Wildman–Crippen MR) is 85.6 cm³/mol. The summed E-state index contributed by atoms with van der Waals surface area (Å²) in [6.07, 6.45) is 0.784. The Labute approximate surface area is 133 Å². The number of hydrogen-bond donors (Lipinski definition) is 0.